The Bertz CT molecular complexity index is 390. The van der Waals surface area contributed by atoms with Crippen molar-refractivity contribution >= 4 is 17.7 Å². The molecule has 0 bridgehead atoms. The summed E-state index contributed by atoms with van der Waals surface area (Å²) in [6.07, 6.45) is 0. The summed E-state index contributed by atoms with van der Waals surface area (Å²) < 4.78 is 0. The van der Waals surface area contributed by atoms with Gasteiger partial charge < -0.3 is 5.32 Å². The molecule has 3 heteroatoms. The summed E-state index contributed by atoms with van der Waals surface area (Å²) in [5.41, 5.74) is 2.60. The highest BCUT2D eigenvalue weighted by atomic mass is 32.2. The minimum atomic E-state index is 0.134. The third kappa shape index (κ3) is 5.13. The molecule has 1 rings (SSSR count). The van der Waals surface area contributed by atoms with Gasteiger partial charge >= 0.3 is 0 Å². The number of hydrogen-bond donors (Lipinski definition) is 1. The van der Waals surface area contributed by atoms with Gasteiger partial charge in [0, 0.05) is 11.8 Å². The van der Waals surface area contributed by atoms with Crippen molar-refractivity contribution in [2.24, 2.45) is 5.92 Å². The largest absolute Gasteiger partial charge is 0.353 e. The quantitative estimate of drug-likeness (QED) is 0.854. The van der Waals surface area contributed by atoms with Crippen molar-refractivity contribution in [2.45, 2.75) is 39.5 Å². The van der Waals surface area contributed by atoms with Crippen molar-refractivity contribution in [3.8, 4) is 0 Å². The van der Waals surface area contributed by atoms with Crippen molar-refractivity contribution in [1.29, 1.82) is 0 Å². The molecule has 18 heavy (non-hydrogen) atoms. The zero-order valence-electron chi connectivity index (χ0n) is 11.7. The second-order valence-electron chi connectivity index (χ2n) is 5.02. The van der Waals surface area contributed by atoms with Gasteiger partial charge in [-0.2, -0.15) is 0 Å². The van der Waals surface area contributed by atoms with E-state index in [2.05, 4.69) is 45.1 Å². The van der Waals surface area contributed by atoms with E-state index in [1.807, 2.05) is 12.1 Å². The molecule has 0 aromatic heterocycles. The highest BCUT2D eigenvalue weighted by Gasteiger charge is 2.10. The van der Waals surface area contributed by atoms with Crippen LogP contribution in [0.2, 0.25) is 0 Å². The second-order valence-corrected chi connectivity index (χ2v) is 6.01. The van der Waals surface area contributed by atoms with Crippen molar-refractivity contribution in [2.75, 3.05) is 5.75 Å². The maximum atomic E-state index is 11.7. The molecule has 2 nitrogen and oxygen atoms in total. The first kappa shape index (κ1) is 15.1. The average Bonchev–Trinajstić information content (AvgIpc) is 2.31. The molecule has 0 fully saturated rings. The Kier molecular flexibility index (Phi) is 6.27. The fourth-order valence-electron chi connectivity index (χ4n) is 1.49. The highest BCUT2D eigenvalue weighted by Crippen LogP contribution is 2.15. The summed E-state index contributed by atoms with van der Waals surface area (Å²) in [5, 5.41) is 3.02. The molecule has 0 aliphatic heterocycles. The molecular formula is C15H23NOS. The van der Waals surface area contributed by atoms with Crippen LogP contribution in [0, 0.1) is 12.8 Å². The summed E-state index contributed by atoms with van der Waals surface area (Å²) in [7, 11) is 0. The minimum absolute atomic E-state index is 0.134. The average molecular weight is 265 g/mol. The van der Waals surface area contributed by atoms with E-state index >= 15 is 0 Å². The van der Waals surface area contributed by atoms with Gasteiger partial charge in [0.1, 0.15) is 0 Å². The molecule has 1 amide bonds. The van der Waals surface area contributed by atoms with Crippen molar-refractivity contribution in [3.05, 3.63) is 35.4 Å². The van der Waals surface area contributed by atoms with E-state index in [0.29, 0.717) is 11.7 Å². The summed E-state index contributed by atoms with van der Waals surface area (Å²) >= 11 is 1.67. The maximum absolute atomic E-state index is 11.7. The molecule has 0 unspecified atom stereocenters. The van der Waals surface area contributed by atoms with Gasteiger partial charge in [0.25, 0.3) is 0 Å². The SMILES string of the molecule is Cc1ccccc1CSCC(=O)N[C@H](C)C(C)C. The van der Waals surface area contributed by atoms with Crippen LogP contribution in [0.1, 0.15) is 31.9 Å². The minimum Gasteiger partial charge on any atom is -0.353 e. The standard InChI is InChI=1S/C15H23NOS/c1-11(2)13(4)16-15(17)10-18-9-14-8-6-5-7-12(14)3/h5-8,11,13H,9-10H2,1-4H3,(H,16,17)/t13-/m1/s1. The fraction of sp³-hybridized carbons (Fsp3) is 0.533. The monoisotopic (exact) mass is 265 g/mol. The van der Waals surface area contributed by atoms with Crippen molar-refractivity contribution in [1.82, 2.24) is 5.32 Å². The van der Waals surface area contributed by atoms with Gasteiger partial charge in [-0.25, -0.2) is 0 Å². The van der Waals surface area contributed by atoms with Crippen LogP contribution in [0.15, 0.2) is 24.3 Å². The van der Waals surface area contributed by atoms with Crippen LogP contribution in [-0.2, 0) is 10.5 Å². The molecule has 1 aromatic rings. The van der Waals surface area contributed by atoms with Gasteiger partial charge in [-0.1, -0.05) is 38.1 Å². The Morgan fingerprint density at radius 3 is 2.56 bits per heavy atom. The van der Waals surface area contributed by atoms with Crippen molar-refractivity contribution in [3.63, 3.8) is 0 Å². The second kappa shape index (κ2) is 7.47. The predicted molar refractivity (Wildman–Crippen MR) is 79.8 cm³/mol. The first-order valence-corrected chi connectivity index (χ1v) is 7.57. The van der Waals surface area contributed by atoms with Crippen LogP contribution in [0.4, 0.5) is 0 Å². The number of rotatable bonds is 6. The van der Waals surface area contributed by atoms with Gasteiger partial charge in [-0.3, -0.25) is 4.79 Å². The van der Waals surface area contributed by atoms with E-state index in [1.54, 1.807) is 11.8 Å². The molecule has 0 heterocycles. The number of benzene rings is 1. The Labute approximate surface area is 115 Å². The van der Waals surface area contributed by atoms with Gasteiger partial charge in [0.05, 0.1) is 5.75 Å². The molecule has 1 N–H and O–H groups in total. The Balaban J connectivity index is 2.30. The van der Waals surface area contributed by atoms with Crippen LogP contribution >= 0.6 is 11.8 Å². The van der Waals surface area contributed by atoms with Gasteiger partial charge in [0.2, 0.25) is 5.91 Å². The Hall–Kier alpha value is -0.960. The number of nitrogens with one attached hydrogen (secondary N) is 1. The number of aryl methyl sites for hydroxylation is 1. The molecule has 0 spiro atoms. The fourth-order valence-corrected chi connectivity index (χ4v) is 2.40. The molecule has 100 valence electrons. The summed E-state index contributed by atoms with van der Waals surface area (Å²) in [5.74, 6) is 2.05. The number of amides is 1. The molecule has 0 aliphatic carbocycles. The molecule has 1 aromatic carbocycles. The lowest BCUT2D eigenvalue weighted by Gasteiger charge is -2.17. The van der Waals surface area contributed by atoms with Gasteiger partial charge in [-0.15, -0.1) is 11.8 Å². The van der Waals surface area contributed by atoms with Crippen LogP contribution in [0.5, 0.6) is 0 Å². The van der Waals surface area contributed by atoms with Gasteiger partial charge in [-0.05, 0) is 30.9 Å². The van der Waals surface area contributed by atoms with E-state index in [0.717, 1.165) is 5.75 Å². The Morgan fingerprint density at radius 1 is 1.28 bits per heavy atom. The third-order valence-electron chi connectivity index (χ3n) is 3.14. The first-order chi connectivity index (χ1) is 8.50. The molecular weight excluding hydrogens is 242 g/mol. The van der Waals surface area contributed by atoms with Gasteiger partial charge in [0.15, 0.2) is 0 Å². The third-order valence-corrected chi connectivity index (χ3v) is 4.12. The Morgan fingerprint density at radius 2 is 1.94 bits per heavy atom. The summed E-state index contributed by atoms with van der Waals surface area (Å²) in [6, 6.07) is 8.56. The molecule has 0 aliphatic rings. The lowest BCUT2D eigenvalue weighted by atomic mass is 10.1. The topological polar surface area (TPSA) is 29.1 Å². The smallest absolute Gasteiger partial charge is 0.230 e. The normalized spacial score (nSPS) is 12.5. The zero-order chi connectivity index (χ0) is 13.5. The summed E-state index contributed by atoms with van der Waals surface area (Å²) in [4.78, 5) is 11.7. The molecule has 0 radical (unpaired) electrons. The summed E-state index contributed by atoms with van der Waals surface area (Å²) in [6.45, 7) is 8.39. The molecule has 0 saturated carbocycles. The van der Waals surface area contributed by atoms with Crippen LogP contribution in [0.3, 0.4) is 0 Å². The molecule has 0 saturated heterocycles. The van der Waals surface area contributed by atoms with Crippen LogP contribution in [-0.4, -0.2) is 17.7 Å². The van der Waals surface area contributed by atoms with E-state index in [9.17, 15) is 4.79 Å². The number of carbonyl (C=O) groups is 1. The van der Waals surface area contributed by atoms with E-state index < -0.39 is 0 Å². The van der Waals surface area contributed by atoms with E-state index in [-0.39, 0.29) is 11.9 Å². The highest BCUT2D eigenvalue weighted by molar-refractivity contribution is 7.99. The van der Waals surface area contributed by atoms with E-state index in [1.165, 1.54) is 11.1 Å². The predicted octanol–water partition coefficient (Wildman–Crippen LogP) is 3.39. The lowest BCUT2D eigenvalue weighted by molar-refractivity contribution is -0.119. The maximum Gasteiger partial charge on any atom is 0.230 e. The lowest BCUT2D eigenvalue weighted by Crippen LogP contribution is -2.37. The van der Waals surface area contributed by atoms with Crippen LogP contribution < -0.4 is 5.32 Å². The molecule has 1 atom stereocenters. The van der Waals surface area contributed by atoms with Crippen LogP contribution in [0.25, 0.3) is 0 Å². The number of carbonyl (C=O) groups excluding carboxylic acids is 1. The number of thioether (sulfide) groups is 1. The number of hydrogen-bond acceptors (Lipinski definition) is 2. The first-order valence-electron chi connectivity index (χ1n) is 6.42. The zero-order valence-corrected chi connectivity index (χ0v) is 12.5. The van der Waals surface area contributed by atoms with E-state index in [4.69, 9.17) is 0 Å². The van der Waals surface area contributed by atoms with Crippen molar-refractivity contribution < 1.29 is 4.79 Å².